The molecule has 0 bridgehead atoms. The van der Waals surface area contributed by atoms with Gasteiger partial charge in [0.05, 0.1) is 6.10 Å². The van der Waals surface area contributed by atoms with E-state index in [1.165, 1.54) is 4.90 Å². The normalized spacial score (nSPS) is 17.1. The Morgan fingerprint density at radius 1 is 1.19 bits per heavy atom. The molecule has 0 radical (unpaired) electrons. The van der Waals surface area contributed by atoms with Crippen LogP contribution in [0.4, 0.5) is 15.3 Å². The molecule has 1 aliphatic rings. The summed E-state index contributed by atoms with van der Waals surface area (Å²) in [6, 6.07) is 6.18. The van der Waals surface area contributed by atoms with Gasteiger partial charge in [0.2, 0.25) is 5.91 Å². The first-order valence-corrected chi connectivity index (χ1v) is 10.9. The Hall–Kier alpha value is -2.81. The highest BCUT2D eigenvalue weighted by Crippen LogP contribution is 2.15. The molecule has 1 aromatic carbocycles. The molecule has 9 heteroatoms. The molecule has 3 amide bonds. The van der Waals surface area contributed by atoms with Crippen LogP contribution in [0.25, 0.3) is 0 Å². The Bertz CT molecular complexity index is 788. The van der Waals surface area contributed by atoms with Crippen molar-refractivity contribution in [2.75, 3.05) is 18.4 Å². The summed E-state index contributed by atoms with van der Waals surface area (Å²) in [5.41, 5.74) is 0.672. The van der Waals surface area contributed by atoms with E-state index in [1.807, 2.05) is 13.8 Å². The lowest BCUT2D eigenvalue weighted by Crippen LogP contribution is -2.46. The molecule has 1 saturated heterocycles. The van der Waals surface area contributed by atoms with E-state index in [0.29, 0.717) is 31.6 Å². The number of alkyl carbamates (subject to hydrolysis) is 1. The van der Waals surface area contributed by atoms with Gasteiger partial charge in [-0.25, -0.2) is 9.59 Å². The monoisotopic (exact) mass is 449 g/mol. The SMILES string of the molecule is CC(C)C[C@H](NC(=O)OC(C)(C)C)C(=O)Nc1ccc(COC(=O)N2CCC(O)C2)cc1. The quantitative estimate of drug-likeness (QED) is 0.588. The number of ether oxygens (including phenoxy) is 2. The Morgan fingerprint density at radius 2 is 1.84 bits per heavy atom. The molecule has 3 N–H and O–H groups in total. The van der Waals surface area contributed by atoms with Gasteiger partial charge in [0.15, 0.2) is 0 Å². The van der Waals surface area contributed by atoms with Crippen molar-refractivity contribution in [3.63, 3.8) is 0 Å². The molecular weight excluding hydrogens is 414 g/mol. The van der Waals surface area contributed by atoms with Gasteiger partial charge in [0, 0.05) is 18.8 Å². The van der Waals surface area contributed by atoms with Gasteiger partial charge >= 0.3 is 12.2 Å². The van der Waals surface area contributed by atoms with Crippen LogP contribution in [0.3, 0.4) is 0 Å². The van der Waals surface area contributed by atoms with Crippen molar-refractivity contribution >= 4 is 23.8 Å². The maximum atomic E-state index is 12.7. The van der Waals surface area contributed by atoms with E-state index in [-0.39, 0.29) is 18.4 Å². The maximum absolute atomic E-state index is 12.7. The molecule has 0 saturated carbocycles. The zero-order valence-corrected chi connectivity index (χ0v) is 19.5. The molecule has 1 fully saturated rings. The average Bonchev–Trinajstić information content (AvgIpc) is 3.11. The van der Waals surface area contributed by atoms with Crippen LogP contribution in [-0.4, -0.2) is 58.9 Å². The third kappa shape index (κ3) is 8.74. The van der Waals surface area contributed by atoms with Crippen LogP contribution in [0.5, 0.6) is 0 Å². The molecule has 2 rings (SSSR count). The molecule has 1 heterocycles. The van der Waals surface area contributed by atoms with Crippen molar-refractivity contribution in [1.29, 1.82) is 0 Å². The van der Waals surface area contributed by atoms with Crippen LogP contribution >= 0.6 is 0 Å². The Labute approximate surface area is 189 Å². The molecule has 0 aromatic heterocycles. The number of anilines is 1. The van der Waals surface area contributed by atoms with Gasteiger partial charge in [-0.2, -0.15) is 0 Å². The fourth-order valence-electron chi connectivity index (χ4n) is 3.21. The van der Waals surface area contributed by atoms with Gasteiger partial charge in [0.1, 0.15) is 18.2 Å². The van der Waals surface area contributed by atoms with Gasteiger partial charge in [-0.1, -0.05) is 26.0 Å². The molecule has 0 spiro atoms. The van der Waals surface area contributed by atoms with Gasteiger partial charge in [-0.05, 0) is 57.2 Å². The first-order valence-electron chi connectivity index (χ1n) is 10.9. The van der Waals surface area contributed by atoms with Crippen LogP contribution in [0.2, 0.25) is 0 Å². The summed E-state index contributed by atoms with van der Waals surface area (Å²) in [5, 5.41) is 15.0. The van der Waals surface area contributed by atoms with E-state index < -0.39 is 29.9 Å². The maximum Gasteiger partial charge on any atom is 0.410 e. The summed E-state index contributed by atoms with van der Waals surface area (Å²) in [4.78, 5) is 38.3. The molecular formula is C23H35N3O6. The Balaban J connectivity index is 1.89. The minimum Gasteiger partial charge on any atom is -0.445 e. The fourth-order valence-corrected chi connectivity index (χ4v) is 3.21. The summed E-state index contributed by atoms with van der Waals surface area (Å²) in [7, 11) is 0. The largest absolute Gasteiger partial charge is 0.445 e. The van der Waals surface area contributed by atoms with Gasteiger partial charge in [-0.15, -0.1) is 0 Å². The van der Waals surface area contributed by atoms with Crippen LogP contribution < -0.4 is 10.6 Å². The number of nitrogens with zero attached hydrogens (tertiary/aromatic N) is 1. The van der Waals surface area contributed by atoms with E-state index in [1.54, 1.807) is 45.0 Å². The molecule has 1 aliphatic heterocycles. The predicted molar refractivity (Wildman–Crippen MR) is 120 cm³/mol. The molecule has 1 aromatic rings. The number of hydrogen-bond donors (Lipinski definition) is 3. The summed E-state index contributed by atoms with van der Waals surface area (Å²) in [6.45, 7) is 10.1. The van der Waals surface area contributed by atoms with Crippen molar-refractivity contribution < 1.29 is 29.0 Å². The lowest BCUT2D eigenvalue weighted by molar-refractivity contribution is -0.118. The highest BCUT2D eigenvalue weighted by molar-refractivity contribution is 5.96. The number of aliphatic hydroxyl groups is 1. The van der Waals surface area contributed by atoms with Crippen molar-refractivity contribution in [2.45, 2.75) is 71.8 Å². The zero-order chi connectivity index (χ0) is 23.9. The summed E-state index contributed by atoms with van der Waals surface area (Å²) >= 11 is 0. The third-order valence-corrected chi connectivity index (χ3v) is 4.72. The van der Waals surface area contributed by atoms with Crippen molar-refractivity contribution in [3.05, 3.63) is 29.8 Å². The Morgan fingerprint density at radius 3 is 2.38 bits per heavy atom. The standard InChI is InChI=1S/C23H35N3O6/c1-15(2)12-19(25-21(29)32-23(3,4)5)20(28)24-17-8-6-16(7-9-17)14-31-22(30)26-11-10-18(27)13-26/h6-9,15,18-19,27H,10-14H2,1-5H3,(H,24,28)(H,25,29)/t18?,19-/m0/s1. The number of carbonyl (C=O) groups is 3. The molecule has 0 aliphatic carbocycles. The van der Waals surface area contributed by atoms with Crippen molar-refractivity contribution in [1.82, 2.24) is 10.2 Å². The van der Waals surface area contributed by atoms with Gasteiger partial charge in [0.25, 0.3) is 0 Å². The third-order valence-electron chi connectivity index (χ3n) is 4.72. The number of likely N-dealkylation sites (tertiary alicyclic amines) is 1. The zero-order valence-electron chi connectivity index (χ0n) is 19.5. The summed E-state index contributed by atoms with van der Waals surface area (Å²) < 4.78 is 10.5. The summed E-state index contributed by atoms with van der Waals surface area (Å²) in [6.07, 6.45) is -0.562. The smallest absolute Gasteiger partial charge is 0.410 e. The lowest BCUT2D eigenvalue weighted by Gasteiger charge is -2.24. The van der Waals surface area contributed by atoms with Gasteiger partial charge in [-0.3, -0.25) is 4.79 Å². The topological polar surface area (TPSA) is 117 Å². The molecule has 178 valence electrons. The van der Waals surface area contributed by atoms with Gasteiger partial charge < -0.3 is 30.1 Å². The first kappa shape index (κ1) is 25.5. The van der Waals surface area contributed by atoms with Crippen LogP contribution in [-0.2, 0) is 20.9 Å². The number of rotatable bonds is 7. The first-order chi connectivity index (χ1) is 14.9. The lowest BCUT2D eigenvalue weighted by atomic mass is 10.0. The molecule has 9 nitrogen and oxygen atoms in total. The minimum absolute atomic E-state index is 0.0931. The van der Waals surface area contributed by atoms with Crippen molar-refractivity contribution in [2.24, 2.45) is 5.92 Å². The van der Waals surface area contributed by atoms with Crippen LogP contribution in [0.1, 0.15) is 53.0 Å². The highest BCUT2D eigenvalue weighted by Gasteiger charge is 2.26. The molecule has 1 unspecified atom stereocenters. The van der Waals surface area contributed by atoms with Crippen LogP contribution in [0.15, 0.2) is 24.3 Å². The fraction of sp³-hybridized carbons (Fsp3) is 0.609. The number of benzene rings is 1. The number of nitrogens with one attached hydrogen (secondary N) is 2. The predicted octanol–water partition coefficient (Wildman–Crippen LogP) is 3.27. The Kier molecular flexibility index (Phi) is 8.89. The number of hydrogen-bond acceptors (Lipinski definition) is 6. The van der Waals surface area contributed by atoms with E-state index in [0.717, 1.165) is 5.56 Å². The number of amides is 3. The van der Waals surface area contributed by atoms with Crippen LogP contribution in [0, 0.1) is 5.92 Å². The number of carbonyl (C=O) groups excluding carboxylic acids is 3. The van der Waals surface area contributed by atoms with E-state index in [4.69, 9.17) is 9.47 Å². The highest BCUT2D eigenvalue weighted by atomic mass is 16.6. The molecule has 32 heavy (non-hydrogen) atoms. The van der Waals surface area contributed by atoms with E-state index in [9.17, 15) is 19.5 Å². The van der Waals surface area contributed by atoms with E-state index >= 15 is 0 Å². The minimum atomic E-state index is -0.735. The summed E-state index contributed by atoms with van der Waals surface area (Å²) in [5.74, 6) is -0.147. The second kappa shape index (κ2) is 11.2. The number of aliphatic hydroxyl groups excluding tert-OH is 1. The second-order valence-corrected chi connectivity index (χ2v) is 9.46. The van der Waals surface area contributed by atoms with Crippen molar-refractivity contribution in [3.8, 4) is 0 Å². The van der Waals surface area contributed by atoms with E-state index in [2.05, 4.69) is 10.6 Å². The average molecular weight is 450 g/mol. The number of β-amino-alcohol motifs (C(OH)–C–C–N with tert-alkyl or cyclic N) is 1. The molecule has 2 atom stereocenters. The second-order valence-electron chi connectivity index (χ2n) is 9.46.